The molecule has 0 unspecified atom stereocenters. The normalized spacial score (nSPS) is 10.5. The third-order valence-corrected chi connectivity index (χ3v) is 5.49. The van der Waals surface area contributed by atoms with E-state index in [9.17, 15) is 22.9 Å². The summed E-state index contributed by atoms with van der Waals surface area (Å²) < 4.78 is 12.2. The second kappa shape index (κ2) is 7.57. The van der Waals surface area contributed by atoms with Crippen LogP contribution in [0.4, 0.5) is 0 Å². The average Bonchev–Trinajstić information content (AvgIpc) is 2.67. The van der Waals surface area contributed by atoms with Gasteiger partial charge < -0.3 is 10.2 Å². The standard InChI is InChI=1S/C20H13IO5/c22-19(23)15-11-14(12-7-3-1-4-8-12)18(21-26)17(20(24)25)16(15)13-9-5-2-6-10-13/h1-11H,(H,22,23)(H,24,25). The van der Waals surface area contributed by atoms with Crippen molar-refractivity contribution < 1.29 is 22.9 Å². The largest absolute Gasteiger partial charge is 0.478 e. The number of hydrogen-bond donors (Lipinski definition) is 2. The molecule has 0 aliphatic carbocycles. The van der Waals surface area contributed by atoms with Crippen LogP contribution in [0.5, 0.6) is 0 Å². The van der Waals surface area contributed by atoms with E-state index in [2.05, 4.69) is 0 Å². The van der Waals surface area contributed by atoms with Gasteiger partial charge in [-0.1, -0.05) is 60.7 Å². The summed E-state index contributed by atoms with van der Waals surface area (Å²) in [6.45, 7) is 0. The summed E-state index contributed by atoms with van der Waals surface area (Å²) in [5, 5.41) is 19.5. The molecule has 0 amide bonds. The first-order valence-corrected chi connectivity index (χ1v) is 9.56. The molecule has 0 aliphatic rings. The Labute approximate surface area is 159 Å². The molecule has 0 radical (unpaired) electrons. The van der Waals surface area contributed by atoms with Gasteiger partial charge in [0.1, 0.15) is 0 Å². The summed E-state index contributed by atoms with van der Waals surface area (Å²) in [6, 6.07) is 18.6. The fourth-order valence-electron chi connectivity index (χ4n) is 2.84. The van der Waals surface area contributed by atoms with Crippen molar-refractivity contribution in [2.45, 2.75) is 0 Å². The lowest BCUT2D eigenvalue weighted by Crippen LogP contribution is -2.11. The Hall–Kier alpha value is -2.87. The first kappa shape index (κ1) is 17.9. The van der Waals surface area contributed by atoms with E-state index in [1.165, 1.54) is 6.07 Å². The topological polar surface area (TPSA) is 91.7 Å². The van der Waals surface area contributed by atoms with Crippen LogP contribution >= 0.6 is 21.2 Å². The highest BCUT2D eigenvalue weighted by Crippen LogP contribution is 2.39. The van der Waals surface area contributed by atoms with E-state index < -0.39 is 33.1 Å². The van der Waals surface area contributed by atoms with Crippen LogP contribution in [-0.2, 0) is 3.07 Å². The van der Waals surface area contributed by atoms with Crippen molar-refractivity contribution in [3.63, 3.8) is 0 Å². The van der Waals surface area contributed by atoms with Gasteiger partial charge in [-0.15, -0.1) is 0 Å². The fourth-order valence-corrected chi connectivity index (χ4v) is 4.27. The van der Waals surface area contributed by atoms with E-state index in [4.69, 9.17) is 0 Å². The number of benzene rings is 3. The SMILES string of the molecule is O=Ic1c(-c2ccccc2)cc(C(=O)O)c(-c2ccccc2)c1C(=O)O. The van der Waals surface area contributed by atoms with E-state index >= 15 is 0 Å². The third kappa shape index (κ3) is 3.28. The Morgan fingerprint density at radius 2 is 1.31 bits per heavy atom. The Morgan fingerprint density at radius 3 is 1.77 bits per heavy atom. The molecular formula is C20H13IO5. The molecule has 0 heterocycles. The Morgan fingerprint density at radius 1 is 0.769 bits per heavy atom. The number of carboxylic acid groups (broad SMARTS) is 2. The molecule has 3 rings (SSSR count). The number of halogens is 1. The molecule has 3 aromatic rings. The smallest absolute Gasteiger partial charge is 0.337 e. The zero-order valence-electron chi connectivity index (χ0n) is 13.3. The maximum absolute atomic E-state index is 12.0. The predicted molar refractivity (Wildman–Crippen MR) is 105 cm³/mol. The monoisotopic (exact) mass is 460 g/mol. The first-order chi connectivity index (χ1) is 12.5. The van der Waals surface area contributed by atoms with Gasteiger partial charge in [-0.25, -0.2) is 9.59 Å². The highest BCUT2D eigenvalue weighted by atomic mass is 127. The lowest BCUT2D eigenvalue weighted by Gasteiger charge is -2.16. The van der Waals surface area contributed by atoms with Gasteiger partial charge in [0, 0.05) is 5.56 Å². The second-order valence-corrected chi connectivity index (χ2v) is 6.97. The molecule has 0 spiro atoms. The minimum Gasteiger partial charge on any atom is -0.478 e. The van der Waals surface area contributed by atoms with E-state index in [1.807, 2.05) is 0 Å². The highest BCUT2D eigenvalue weighted by molar-refractivity contribution is 14.1. The second-order valence-electron chi connectivity index (χ2n) is 5.46. The van der Waals surface area contributed by atoms with Gasteiger partial charge in [-0.2, -0.15) is 0 Å². The number of aromatic carboxylic acids is 2. The molecule has 130 valence electrons. The quantitative estimate of drug-likeness (QED) is 0.529. The number of hydrogen-bond acceptors (Lipinski definition) is 3. The highest BCUT2D eigenvalue weighted by Gasteiger charge is 2.27. The van der Waals surface area contributed by atoms with Gasteiger partial charge in [0.15, 0.2) is 21.2 Å². The Kier molecular flexibility index (Phi) is 5.22. The number of carbonyl (C=O) groups is 2. The van der Waals surface area contributed by atoms with Crippen molar-refractivity contribution >= 4 is 33.1 Å². The maximum Gasteiger partial charge on any atom is 0.337 e. The third-order valence-electron chi connectivity index (χ3n) is 3.93. The summed E-state index contributed by atoms with van der Waals surface area (Å²) in [5.41, 5.74) is 1.20. The van der Waals surface area contributed by atoms with Crippen molar-refractivity contribution in [2.75, 3.05) is 0 Å². The van der Waals surface area contributed by atoms with E-state index in [1.54, 1.807) is 60.7 Å². The minimum absolute atomic E-state index is 0.0795. The van der Waals surface area contributed by atoms with Crippen molar-refractivity contribution in [3.05, 3.63) is 81.4 Å². The maximum atomic E-state index is 12.0. The van der Waals surface area contributed by atoms with E-state index in [-0.39, 0.29) is 20.3 Å². The van der Waals surface area contributed by atoms with Crippen molar-refractivity contribution in [1.82, 2.24) is 0 Å². The zero-order valence-corrected chi connectivity index (χ0v) is 15.5. The molecule has 0 saturated carbocycles. The van der Waals surface area contributed by atoms with Crippen LogP contribution in [0.25, 0.3) is 22.3 Å². The summed E-state index contributed by atoms with van der Waals surface area (Å²) >= 11 is -1.86. The van der Waals surface area contributed by atoms with E-state index in [0.717, 1.165) is 0 Å². The van der Waals surface area contributed by atoms with E-state index in [0.29, 0.717) is 16.7 Å². The molecule has 26 heavy (non-hydrogen) atoms. The van der Waals surface area contributed by atoms with Gasteiger partial charge >= 0.3 is 11.9 Å². The van der Waals surface area contributed by atoms with Crippen LogP contribution in [0.2, 0.25) is 0 Å². The van der Waals surface area contributed by atoms with Gasteiger partial charge in [-0.05, 0) is 22.8 Å². The molecule has 6 heteroatoms. The lowest BCUT2D eigenvalue weighted by atomic mass is 9.90. The van der Waals surface area contributed by atoms with Gasteiger partial charge in [-0.3, -0.25) is 3.07 Å². The van der Waals surface area contributed by atoms with Gasteiger partial charge in [0.2, 0.25) is 0 Å². The van der Waals surface area contributed by atoms with Crippen LogP contribution in [0.1, 0.15) is 20.7 Å². The van der Waals surface area contributed by atoms with Crippen LogP contribution in [0.15, 0.2) is 66.7 Å². The first-order valence-electron chi connectivity index (χ1n) is 7.60. The summed E-state index contributed by atoms with van der Waals surface area (Å²) in [7, 11) is 0. The molecule has 0 fully saturated rings. The molecule has 0 atom stereocenters. The van der Waals surface area contributed by atoms with Crippen molar-refractivity contribution in [1.29, 1.82) is 0 Å². The molecule has 3 aromatic carbocycles. The molecule has 2 N–H and O–H groups in total. The molecular weight excluding hydrogens is 447 g/mol. The van der Waals surface area contributed by atoms with Gasteiger partial charge in [0.25, 0.3) is 0 Å². The molecule has 0 saturated heterocycles. The molecule has 0 aliphatic heterocycles. The summed E-state index contributed by atoms with van der Waals surface area (Å²) in [6.07, 6.45) is 0. The number of carboxylic acids is 2. The predicted octanol–water partition coefficient (Wildman–Crippen LogP) is 4.90. The zero-order chi connectivity index (χ0) is 18.7. The van der Waals surface area contributed by atoms with Gasteiger partial charge in [0.05, 0.1) is 14.7 Å². The minimum atomic E-state index is -1.86. The van der Waals surface area contributed by atoms with Crippen LogP contribution in [0, 0.1) is 3.57 Å². The summed E-state index contributed by atoms with van der Waals surface area (Å²) in [5.74, 6) is -2.53. The average molecular weight is 460 g/mol. The van der Waals surface area contributed by atoms with Crippen LogP contribution in [0.3, 0.4) is 0 Å². The molecule has 0 aromatic heterocycles. The number of rotatable bonds is 5. The molecule has 5 nitrogen and oxygen atoms in total. The van der Waals surface area contributed by atoms with Crippen molar-refractivity contribution in [2.24, 2.45) is 0 Å². The summed E-state index contributed by atoms with van der Waals surface area (Å²) in [4.78, 5) is 23.9. The Bertz CT molecular complexity index is 998. The van der Waals surface area contributed by atoms with Crippen LogP contribution in [-0.4, -0.2) is 22.2 Å². The van der Waals surface area contributed by atoms with Crippen LogP contribution < -0.4 is 0 Å². The lowest BCUT2D eigenvalue weighted by molar-refractivity contribution is 0.0695. The molecule has 0 bridgehead atoms. The Balaban J connectivity index is 2.48. The fraction of sp³-hybridized carbons (Fsp3) is 0. The van der Waals surface area contributed by atoms with Crippen molar-refractivity contribution in [3.8, 4) is 22.3 Å².